The van der Waals surface area contributed by atoms with Crippen molar-refractivity contribution in [1.82, 2.24) is 5.32 Å². The highest BCUT2D eigenvalue weighted by Crippen LogP contribution is 2.39. The van der Waals surface area contributed by atoms with Crippen molar-refractivity contribution in [3.63, 3.8) is 0 Å². The molecule has 0 bridgehead atoms. The monoisotopic (exact) mass is 276 g/mol. The van der Waals surface area contributed by atoms with Crippen molar-refractivity contribution in [2.24, 2.45) is 17.6 Å². The van der Waals surface area contributed by atoms with E-state index in [4.69, 9.17) is 5.73 Å². The number of carbonyl (C=O) groups is 1. The minimum atomic E-state index is -0.170. The van der Waals surface area contributed by atoms with E-state index in [1.165, 1.54) is 12.8 Å². The fourth-order valence-electron chi connectivity index (χ4n) is 2.39. The second-order valence-corrected chi connectivity index (χ2v) is 5.63. The van der Waals surface area contributed by atoms with Crippen molar-refractivity contribution in [3.8, 4) is 0 Å². The van der Waals surface area contributed by atoms with Crippen LogP contribution in [0.3, 0.4) is 0 Å². The van der Waals surface area contributed by atoms with Gasteiger partial charge in [-0.05, 0) is 38.5 Å². The summed E-state index contributed by atoms with van der Waals surface area (Å²) in [5, 5.41) is 3.20. The van der Waals surface area contributed by atoms with Gasteiger partial charge in [-0.15, -0.1) is 12.4 Å². The lowest BCUT2D eigenvalue weighted by Crippen LogP contribution is -2.54. The number of nitrogens with two attached hydrogens (primary N) is 1. The first-order chi connectivity index (χ1) is 8.07. The molecule has 0 aromatic rings. The molecule has 1 aliphatic rings. The van der Waals surface area contributed by atoms with Gasteiger partial charge in [-0.1, -0.05) is 26.7 Å². The van der Waals surface area contributed by atoms with Crippen LogP contribution in [0.4, 0.5) is 0 Å². The Morgan fingerprint density at radius 2 is 2.06 bits per heavy atom. The van der Waals surface area contributed by atoms with E-state index >= 15 is 0 Å². The number of nitrogens with one attached hydrogen (secondary N) is 1. The summed E-state index contributed by atoms with van der Waals surface area (Å²) >= 11 is 0. The highest BCUT2D eigenvalue weighted by Gasteiger charge is 2.42. The van der Waals surface area contributed by atoms with Crippen molar-refractivity contribution in [3.05, 3.63) is 0 Å². The molecule has 3 N–H and O–H groups in total. The molecule has 3 nitrogen and oxygen atoms in total. The molecule has 1 fully saturated rings. The minimum absolute atomic E-state index is 0. The molecule has 1 amide bonds. The highest BCUT2D eigenvalue weighted by molar-refractivity contribution is 5.85. The predicted molar refractivity (Wildman–Crippen MR) is 78.9 cm³/mol. The summed E-state index contributed by atoms with van der Waals surface area (Å²) in [6.07, 6.45) is 6.63. The average molecular weight is 277 g/mol. The number of amides is 1. The normalized spacial score (nSPS) is 19.6. The number of rotatable bonds is 8. The molecule has 0 aromatic carbocycles. The third-order valence-electron chi connectivity index (χ3n) is 4.08. The zero-order valence-electron chi connectivity index (χ0n) is 12.0. The summed E-state index contributed by atoms with van der Waals surface area (Å²) in [5.41, 5.74) is 5.65. The van der Waals surface area contributed by atoms with E-state index in [2.05, 4.69) is 26.1 Å². The summed E-state index contributed by atoms with van der Waals surface area (Å²) in [5.74, 6) is 0.973. The molecule has 0 radical (unpaired) electrons. The molecule has 108 valence electrons. The summed E-state index contributed by atoms with van der Waals surface area (Å²) < 4.78 is 0. The number of carbonyl (C=O) groups excluding carboxylic acids is 1. The first-order valence-electron chi connectivity index (χ1n) is 7.09. The molecule has 0 aromatic heterocycles. The number of unbranched alkanes of at least 4 members (excludes halogenated alkanes) is 1. The summed E-state index contributed by atoms with van der Waals surface area (Å²) in [6.45, 7) is 6.90. The SMILES string of the molecule is CCCCC(CC)C(=O)NC(C)(CN)C1CC1.Cl. The lowest BCUT2D eigenvalue weighted by molar-refractivity contribution is -0.127. The van der Waals surface area contributed by atoms with E-state index in [1.807, 2.05) is 0 Å². The van der Waals surface area contributed by atoms with Crippen LogP contribution in [-0.2, 0) is 4.79 Å². The Kier molecular flexibility index (Phi) is 7.88. The van der Waals surface area contributed by atoms with E-state index < -0.39 is 0 Å². The molecule has 0 saturated heterocycles. The van der Waals surface area contributed by atoms with Crippen LogP contribution in [0.1, 0.15) is 59.3 Å². The Labute approximate surface area is 118 Å². The molecule has 2 unspecified atom stereocenters. The number of halogens is 1. The Balaban J connectivity index is 0.00000289. The van der Waals surface area contributed by atoms with Crippen LogP contribution in [0, 0.1) is 11.8 Å². The highest BCUT2D eigenvalue weighted by atomic mass is 35.5. The zero-order valence-corrected chi connectivity index (χ0v) is 12.8. The molecule has 1 rings (SSSR count). The molecule has 0 spiro atoms. The fraction of sp³-hybridized carbons (Fsp3) is 0.929. The molecule has 18 heavy (non-hydrogen) atoms. The smallest absolute Gasteiger partial charge is 0.223 e. The van der Waals surface area contributed by atoms with Gasteiger partial charge in [0, 0.05) is 12.5 Å². The molecule has 0 aliphatic heterocycles. The summed E-state index contributed by atoms with van der Waals surface area (Å²) in [6, 6.07) is 0. The van der Waals surface area contributed by atoms with Gasteiger partial charge in [0.25, 0.3) is 0 Å². The Hall–Kier alpha value is -0.280. The second kappa shape index (κ2) is 8.00. The Bertz CT molecular complexity index is 256. The lowest BCUT2D eigenvalue weighted by atomic mass is 9.92. The van der Waals surface area contributed by atoms with E-state index in [0.717, 1.165) is 25.7 Å². The topological polar surface area (TPSA) is 55.1 Å². The maximum Gasteiger partial charge on any atom is 0.223 e. The van der Waals surface area contributed by atoms with Gasteiger partial charge in [0.15, 0.2) is 0 Å². The van der Waals surface area contributed by atoms with Crippen molar-refractivity contribution in [2.45, 2.75) is 64.8 Å². The molecule has 1 saturated carbocycles. The van der Waals surface area contributed by atoms with Crippen molar-refractivity contribution in [2.75, 3.05) is 6.54 Å². The van der Waals surface area contributed by atoms with Gasteiger partial charge in [0.1, 0.15) is 0 Å². The van der Waals surface area contributed by atoms with Crippen LogP contribution in [0.15, 0.2) is 0 Å². The first-order valence-corrected chi connectivity index (χ1v) is 7.09. The number of hydrogen-bond donors (Lipinski definition) is 2. The summed E-state index contributed by atoms with van der Waals surface area (Å²) in [7, 11) is 0. The van der Waals surface area contributed by atoms with Gasteiger partial charge in [-0.25, -0.2) is 0 Å². The average Bonchev–Trinajstić information content (AvgIpc) is 3.14. The third-order valence-corrected chi connectivity index (χ3v) is 4.08. The number of hydrogen-bond acceptors (Lipinski definition) is 2. The van der Waals surface area contributed by atoms with E-state index in [1.54, 1.807) is 0 Å². The molecular weight excluding hydrogens is 248 g/mol. The Morgan fingerprint density at radius 1 is 1.44 bits per heavy atom. The maximum atomic E-state index is 12.2. The predicted octanol–water partition coefficient (Wildman–Crippen LogP) is 2.87. The van der Waals surface area contributed by atoms with E-state index in [0.29, 0.717) is 12.5 Å². The largest absolute Gasteiger partial charge is 0.349 e. The third kappa shape index (κ3) is 4.77. The lowest BCUT2D eigenvalue weighted by Gasteiger charge is -2.31. The van der Waals surface area contributed by atoms with Crippen molar-refractivity contribution >= 4 is 18.3 Å². The molecule has 0 heterocycles. The van der Waals surface area contributed by atoms with Crippen LogP contribution in [0.2, 0.25) is 0 Å². The van der Waals surface area contributed by atoms with Crippen LogP contribution >= 0.6 is 12.4 Å². The standard InChI is InChI=1S/C14H28N2O.ClH/c1-4-6-7-11(5-2)13(17)16-14(3,10-15)12-8-9-12;/h11-12H,4-10,15H2,1-3H3,(H,16,17);1H. The van der Waals surface area contributed by atoms with Gasteiger partial charge in [-0.2, -0.15) is 0 Å². The van der Waals surface area contributed by atoms with E-state index in [-0.39, 0.29) is 29.8 Å². The first kappa shape index (κ1) is 17.7. The van der Waals surface area contributed by atoms with Crippen LogP contribution in [-0.4, -0.2) is 18.0 Å². The Morgan fingerprint density at radius 3 is 2.44 bits per heavy atom. The fourth-order valence-corrected chi connectivity index (χ4v) is 2.39. The van der Waals surface area contributed by atoms with Gasteiger partial charge < -0.3 is 11.1 Å². The van der Waals surface area contributed by atoms with E-state index in [9.17, 15) is 4.79 Å². The van der Waals surface area contributed by atoms with Crippen molar-refractivity contribution < 1.29 is 4.79 Å². The van der Waals surface area contributed by atoms with Crippen LogP contribution < -0.4 is 11.1 Å². The van der Waals surface area contributed by atoms with Crippen LogP contribution in [0.5, 0.6) is 0 Å². The quantitative estimate of drug-likeness (QED) is 0.716. The molecule has 1 aliphatic carbocycles. The maximum absolute atomic E-state index is 12.2. The van der Waals surface area contributed by atoms with Crippen molar-refractivity contribution in [1.29, 1.82) is 0 Å². The molecular formula is C14H29ClN2O. The molecule has 2 atom stereocenters. The zero-order chi connectivity index (χ0) is 12.9. The second-order valence-electron chi connectivity index (χ2n) is 5.63. The minimum Gasteiger partial charge on any atom is -0.349 e. The van der Waals surface area contributed by atoms with Gasteiger partial charge >= 0.3 is 0 Å². The summed E-state index contributed by atoms with van der Waals surface area (Å²) in [4.78, 5) is 12.2. The van der Waals surface area contributed by atoms with Gasteiger partial charge in [-0.3, -0.25) is 4.79 Å². The van der Waals surface area contributed by atoms with Gasteiger partial charge in [0.05, 0.1) is 5.54 Å². The molecule has 4 heteroatoms. The van der Waals surface area contributed by atoms with Crippen LogP contribution in [0.25, 0.3) is 0 Å². The van der Waals surface area contributed by atoms with Gasteiger partial charge in [0.2, 0.25) is 5.91 Å².